The van der Waals surface area contributed by atoms with Crippen molar-refractivity contribution in [2.24, 2.45) is 5.92 Å². The van der Waals surface area contributed by atoms with Crippen LogP contribution >= 0.6 is 0 Å². The number of aromatic nitrogens is 5. The highest BCUT2D eigenvalue weighted by atomic mass is 16.5. The topological polar surface area (TPSA) is 81.1 Å². The molecule has 132 valence electrons. The van der Waals surface area contributed by atoms with Gasteiger partial charge in [-0.2, -0.15) is 4.98 Å². The van der Waals surface area contributed by atoms with Crippen molar-refractivity contribution in [3.8, 4) is 11.4 Å². The van der Waals surface area contributed by atoms with Crippen LogP contribution in [-0.4, -0.2) is 24.5 Å². The summed E-state index contributed by atoms with van der Waals surface area (Å²) in [6.45, 7) is 4.90. The second kappa shape index (κ2) is 7.05. The Morgan fingerprint density at radius 3 is 2.88 bits per heavy atom. The summed E-state index contributed by atoms with van der Waals surface area (Å²) in [5.41, 5.74) is 2.85. The van der Waals surface area contributed by atoms with E-state index >= 15 is 0 Å². The van der Waals surface area contributed by atoms with E-state index in [1.165, 1.54) is 0 Å². The highest BCUT2D eigenvalue weighted by molar-refractivity contribution is 5.51. The van der Waals surface area contributed by atoms with Gasteiger partial charge in [-0.15, -0.1) is 0 Å². The molecule has 0 spiro atoms. The minimum absolute atomic E-state index is 0.0535. The lowest BCUT2D eigenvalue weighted by atomic mass is 10.0. The third-order valence-electron chi connectivity index (χ3n) is 4.29. The molecular formula is C19H20N6O. The Labute approximate surface area is 151 Å². The fraction of sp³-hybridized carbons (Fsp3) is 0.263. The first kappa shape index (κ1) is 16.4. The minimum Gasteiger partial charge on any atom is -0.337 e. The highest BCUT2D eigenvalue weighted by Gasteiger charge is 2.23. The number of hydrogen-bond donors (Lipinski definition) is 1. The summed E-state index contributed by atoms with van der Waals surface area (Å²) < 4.78 is 7.59. The molecule has 0 radical (unpaired) electrons. The Morgan fingerprint density at radius 1 is 1.15 bits per heavy atom. The Hall–Kier alpha value is -3.06. The van der Waals surface area contributed by atoms with Crippen molar-refractivity contribution in [2.75, 3.05) is 0 Å². The lowest BCUT2D eigenvalue weighted by Crippen LogP contribution is -2.26. The van der Waals surface area contributed by atoms with Crippen molar-refractivity contribution in [3.05, 3.63) is 66.7 Å². The molecule has 0 saturated carbocycles. The van der Waals surface area contributed by atoms with Crippen LogP contribution in [0.1, 0.15) is 31.5 Å². The second-order valence-corrected chi connectivity index (χ2v) is 6.48. The van der Waals surface area contributed by atoms with Gasteiger partial charge in [-0.25, -0.2) is 4.98 Å². The first-order valence-corrected chi connectivity index (χ1v) is 8.60. The molecule has 0 unspecified atom stereocenters. The number of imidazole rings is 1. The molecule has 4 heterocycles. The van der Waals surface area contributed by atoms with Gasteiger partial charge < -0.3 is 8.92 Å². The van der Waals surface area contributed by atoms with Crippen LogP contribution in [0, 0.1) is 5.92 Å². The maximum atomic E-state index is 5.53. The summed E-state index contributed by atoms with van der Waals surface area (Å²) in [5.74, 6) is 1.42. The van der Waals surface area contributed by atoms with Crippen LogP contribution in [0.3, 0.4) is 0 Å². The fourth-order valence-corrected chi connectivity index (χ4v) is 2.91. The zero-order valence-electron chi connectivity index (χ0n) is 14.7. The van der Waals surface area contributed by atoms with Crippen LogP contribution in [0.15, 0.2) is 59.6 Å². The third kappa shape index (κ3) is 3.21. The summed E-state index contributed by atoms with van der Waals surface area (Å²) in [6.07, 6.45) is 7.34. The number of fused-ring (bicyclic) bond motifs is 1. The van der Waals surface area contributed by atoms with E-state index in [1.54, 1.807) is 12.4 Å². The van der Waals surface area contributed by atoms with Crippen LogP contribution in [0.5, 0.6) is 0 Å². The van der Waals surface area contributed by atoms with Gasteiger partial charge in [0.25, 0.3) is 0 Å². The molecule has 0 aliphatic rings. The first-order valence-electron chi connectivity index (χ1n) is 8.60. The molecule has 0 fully saturated rings. The summed E-state index contributed by atoms with van der Waals surface area (Å²) in [6, 6.07) is 9.68. The molecule has 1 N–H and O–H groups in total. The number of rotatable bonds is 6. The second-order valence-electron chi connectivity index (χ2n) is 6.48. The van der Waals surface area contributed by atoms with Crippen molar-refractivity contribution in [1.29, 1.82) is 0 Å². The lowest BCUT2D eigenvalue weighted by molar-refractivity contribution is 0.287. The fourth-order valence-electron chi connectivity index (χ4n) is 2.91. The zero-order chi connectivity index (χ0) is 17.9. The van der Waals surface area contributed by atoms with E-state index in [1.807, 2.05) is 42.7 Å². The van der Waals surface area contributed by atoms with Gasteiger partial charge in [-0.3, -0.25) is 10.3 Å². The van der Waals surface area contributed by atoms with E-state index in [4.69, 9.17) is 4.52 Å². The standard InChI is InChI=1S/C19H20N6O/c1-13(2)17(19-23-18(24-26-19)14-6-5-8-20-10-14)22-12-15-11-21-16-7-3-4-9-25(15)16/h3-11,13,17,22H,12H2,1-2H3/t17-/m0/s1. The normalized spacial score (nSPS) is 12.7. The predicted molar refractivity (Wildman–Crippen MR) is 97.1 cm³/mol. The molecule has 7 heteroatoms. The Kier molecular flexibility index (Phi) is 4.45. The van der Waals surface area contributed by atoms with Crippen LogP contribution in [0.4, 0.5) is 0 Å². The zero-order valence-corrected chi connectivity index (χ0v) is 14.7. The maximum Gasteiger partial charge on any atom is 0.244 e. The van der Waals surface area contributed by atoms with E-state index in [9.17, 15) is 0 Å². The van der Waals surface area contributed by atoms with Gasteiger partial charge in [-0.1, -0.05) is 25.1 Å². The van der Waals surface area contributed by atoms with Gasteiger partial charge in [0.05, 0.1) is 17.9 Å². The van der Waals surface area contributed by atoms with E-state index < -0.39 is 0 Å². The molecule has 4 aromatic heterocycles. The largest absolute Gasteiger partial charge is 0.337 e. The molecule has 0 saturated heterocycles. The SMILES string of the molecule is CC(C)[C@H](NCc1cnc2ccccn12)c1nc(-c2cccnc2)no1. The van der Waals surface area contributed by atoms with Gasteiger partial charge in [0, 0.05) is 30.7 Å². The highest BCUT2D eigenvalue weighted by Crippen LogP contribution is 2.23. The summed E-state index contributed by atoms with van der Waals surface area (Å²) in [7, 11) is 0. The van der Waals surface area contributed by atoms with Gasteiger partial charge in [0.15, 0.2) is 0 Å². The Morgan fingerprint density at radius 2 is 2.08 bits per heavy atom. The van der Waals surface area contributed by atoms with E-state index in [0.717, 1.165) is 16.9 Å². The van der Waals surface area contributed by atoms with Crippen LogP contribution in [0.2, 0.25) is 0 Å². The molecule has 0 aliphatic carbocycles. The van der Waals surface area contributed by atoms with E-state index in [-0.39, 0.29) is 12.0 Å². The Balaban J connectivity index is 1.54. The van der Waals surface area contributed by atoms with Crippen molar-refractivity contribution in [3.63, 3.8) is 0 Å². The van der Waals surface area contributed by atoms with Gasteiger partial charge >= 0.3 is 0 Å². The van der Waals surface area contributed by atoms with Gasteiger partial charge in [-0.05, 0) is 30.2 Å². The molecule has 0 aromatic carbocycles. The average Bonchev–Trinajstić information content (AvgIpc) is 3.30. The molecule has 1 atom stereocenters. The molecule has 0 aliphatic heterocycles. The maximum absolute atomic E-state index is 5.53. The third-order valence-corrected chi connectivity index (χ3v) is 4.29. The first-order chi connectivity index (χ1) is 12.7. The van der Waals surface area contributed by atoms with Crippen LogP contribution < -0.4 is 5.32 Å². The van der Waals surface area contributed by atoms with Crippen molar-refractivity contribution < 1.29 is 4.52 Å². The lowest BCUT2D eigenvalue weighted by Gasteiger charge is -2.18. The monoisotopic (exact) mass is 348 g/mol. The smallest absolute Gasteiger partial charge is 0.244 e. The molecule has 4 rings (SSSR count). The molecule has 7 nitrogen and oxygen atoms in total. The van der Waals surface area contributed by atoms with E-state index in [2.05, 4.69) is 43.7 Å². The molecule has 4 aromatic rings. The van der Waals surface area contributed by atoms with Crippen molar-refractivity contribution in [2.45, 2.75) is 26.4 Å². The van der Waals surface area contributed by atoms with Crippen molar-refractivity contribution >= 4 is 5.65 Å². The predicted octanol–water partition coefficient (Wildman–Crippen LogP) is 3.27. The summed E-state index contributed by atoms with van der Waals surface area (Å²) >= 11 is 0. The number of hydrogen-bond acceptors (Lipinski definition) is 6. The molecule has 0 bridgehead atoms. The molecular weight excluding hydrogens is 328 g/mol. The summed E-state index contributed by atoms with van der Waals surface area (Å²) in [4.78, 5) is 13.1. The Bertz CT molecular complexity index is 991. The summed E-state index contributed by atoms with van der Waals surface area (Å²) in [5, 5.41) is 7.62. The van der Waals surface area contributed by atoms with Crippen LogP contribution in [-0.2, 0) is 6.54 Å². The number of nitrogens with one attached hydrogen (secondary N) is 1. The van der Waals surface area contributed by atoms with Gasteiger partial charge in [0.1, 0.15) is 5.65 Å². The van der Waals surface area contributed by atoms with Gasteiger partial charge in [0.2, 0.25) is 11.7 Å². The molecule has 26 heavy (non-hydrogen) atoms. The number of pyridine rings is 2. The number of nitrogens with zero attached hydrogens (tertiary/aromatic N) is 5. The van der Waals surface area contributed by atoms with Crippen LogP contribution in [0.25, 0.3) is 17.0 Å². The van der Waals surface area contributed by atoms with Crippen molar-refractivity contribution in [1.82, 2.24) is 29.8 Å². The average molecular weight is 348 g/mol. The van der Waals surface area contributed by atoms with E-state index in [0.29, 0.717) is 18.3 Å². The minimum atomic E-state index is -0.0535. The molecule has 0 amide bonds. The quantitative estimate of drug-likeness (QED) is 0.576.